The number of rotatable bonds is 9. The Balaban J connectivity index is 0.00000242. The molecule has 1 aliphatic carbocycles. The van der Waals surface area contributed by atoms with Crippen LogP contribution in [0.1, 0.15) is 31.2 Å². The zero-order valence-electron chi connectivity index (χ0n) is 13.2. The molecule has 0 heterocycles. The van der Waals surface area contributed by atoms with Crippen molar-refractivity contribution in [2.45, 2.75) is 32.1 Å². The molecular weight excluding hydrogens is 389 g/mol. The van der Waals surface area contributed by atoms with Gasteiger partial charge in [-0.25, -0.2) is 0 Å². The first kappa shape index (κ1) is 19.2. The van der Waals surface area contributed by atoms with Gasteiger partial charge < -0.3 is 15.8 Å². The van der Waals surface area contributed by atoms with Crippen molar-refractivity contribution >= 4 is 29.9 Å². The van der Waals surface area contributed by atoms with E-state index in [9.17, 15) is 0 Å². The van der Waals surface area contributed by atoms with Gasteiger partial charge in [0.25, 0.3) is 0 Å². The highest BCUT2D eigenvalue weighted by Gasteiger charge is 2.16. The quantitative estimate of drug-likeness (QED) is 0.281. The fourth-order valence-corrected chi connectivity index (χ4v) is 2.29. The molecule has 0 spiro atoms. The molecule has 0 amide bonds. The van der Waals surface area contributed by atoms with Gasteiger partial charge in [-0.05, 0) is 37.2 Å². The first-order valence-electron chi connectivity index (χ1n) is 8.00. The van der Waals surface area contributed by atoms with Crippen LogP contribution in [-0.2, 0) is 11.2 Å². The van der Waals surface area contributed by atoms with E-state index in [0.29, 0.717) is 5.96 Å². The lowest BCUT2D eigenvalue weighted by atomic mass is 9.86. The molecule has 0 radical (unpaired) electrons. The van der Waals surface area contributed by atoms with Crippen molar-refractivity contribution < 1.29 is 4.74 Å². The van der Waals surface area contributed by atoms with Gasteiger partial charge in [-0.1, -0.05) is 36.8 Å². The summed E-state index contributed by atoms with van der Waals surface area (Å²) in [5.41, 5.74) is 7.14. The molecule has 1 saturated carbocycles. The third kappa shape index (κ3) is 7.98. The van der Waals surface area contributed by atoms with Crippen LogP contribution in [0.4, 0.5) is 0 Å². The Morgan fingerprint density at radius 2 is 2.00 bits per heavy atom. The minimum atomic E-state index is 0. The zero-order valence-corrected chi connectivity index (χ0v) is 15.5. The Hall–Kier alpha value is -0.820. The van der Waals surface area contributed by atoms with Gasteiger partial charge in [0.05, 0.1) is 6.61 Å². The van der Waals surface area contributed by atoms with Gasteiger partial charge in [0.2, 0.25) is 0 Å². The molecule has 0 atom stereocenters. The highest BCUT2D eigenvalue weighted by atomic mass is 127. The maximum atomic E-state index is 5.82. The highest BCUT2D eigenvalue weighted by molar-refractivity contribution is 14.0. The predicted octanol–water partition coefficient (Wildman–Crippen LogP) is 2.96. The van der Waals surface area contributed by atoms with Crippen LogP contribution in [0, 0.1) is 5.92 Å². The molecule has 0 bridgehead atoms. The van der Waals surface area contributed by atoms with E-state index in [0.717, 1.165) is 45.1 Å². The summed E-state index contributed by atoms with van der Waals surface area (Å²) in [5, 5.41) is 3.14. The van der Waals surface area contributed by atoms with Crippen LogP contribution in [0.3, 0.4) is 0 Å². The third-order valence-electron chi connectivity index (χ3n) is 3.89. The van der Waals surface area contributed by atoms with E-state index in [1.54, 1.807) is 0 Å². The summed E-state index contributed by atoms with van der Waals surface area (Å²) in [5.74, 6) is 1.35. The van der Waals surface area contributed by atoms with Gasteiger partial charge >= 0.3 is 0 Å². The molecule has 0 aromatic heterocycles. The largest absolute Gasteiger partial charge is 0.381 e. The van der Waals surface area contributed by atoms with Gasteiger partial charge in [-0.3, -0.25) is 4.99 Å². The van der Waals surface area contributed by atoms with Crippen LogP contribution in [0.15, 0.2) is 35.3 Å². The number of ether oxygens (including phenoxy) is 1. The predicted molar refractivity (Wildman–Crippen MR) is 103 cm³/mol. The Morgan fingerprint density at radius 1 is 1.23 bits per heavy atom. The zero-order chi connectivity index (χ0) is 14.8. The molecule has 1 aromatic carbocycles. The molecule has 0 unspecified atom stereocenters. The fraction of sp³-hybridized carbons (Fsp3) is 0.588. The summed E-state index contributed by atoms with van der Waals surface area (Å²) < 4.78 is 5.62. The second-order valence-electron chi connectivity index (χ2n) is 5.65. The molecule has 0 aliphatic heterocycles. The molecule has 124 valence electrons. The molecule has 4 nitrogen and oxygen atoms in total. The molecule has 2 rings (SSSR count). The number of nitrogens with two attached hydrogens (primary N) is 1. The second-order valence-corrected chi connectivity index (χ2v) is 5.65. The van der Waals surface area contributed by atoms with Crippen molar-refractivity contribution in [1.82, 2.24) is 5.32 Å². The SMILES string of the molecule is I.NC(=NCC1CCC1)NCCCOCCc1ccccc1. The summed E-state index contributed by atoms with van der Waals surface area (Å²) in [7, 11) is 0. The van der Waals surface area contributed by atoms with E-state index in [1.165, 1.54) is 24.8 Å². The number of nitrogens with zero attached hydrogens (tertiary/aromatic N) is 1. The normalized spacial score (nSPS) is 15.0. The number of aliphatic imine (C=N–C) groups is 1. The third-order valence-corrected chi connectivity index (χ3v) is 3.89. The van der Waals surface area contributed by atoms with E-state index in [-0.39, 0.29) is 24.0 Å². The first-order valence-corrected chi connectivity index (χ1v) is 8.00. The number of halogens is 1. The van der Waals surface area contributed by atoms with E-state index in [2.05, 4.69) is 34.6 Å². The van der Waals surface area contributed by atoms with Crippen molar-refractivity contribution in [3.8, 4) is 0 Å². The minimum absolute atomic E-state index is 0. The lowest BCUT2D eigenvalue weighted by molar-refractivity contribution is 0.135. The molecule has 1 fully saturated rings. The Labute approximate surface area is 150 Å². The summed E-state index contributed by atoms with van der Waals surface area (Å²) in [6.45, 7) is 3.24. The van der Waals surface area contributed by atoms with Crippen LogP contribution in [0.5, 0.6) is 0 Å². The van der Waals surface area contributed by atoms with Gasteiger partial charge in [-0.15, -0.1) is 24.0 Å². The number of benzene rings is 1. The maximum Gasteiger partial charge on any atom is 0.188 e. The number of hydrogen-bond donors (Lipinski definition) is 2. The Kier molecular flexibility index (Phi) is 10.2. The maximum absolute atomic E-state index is 5.82. The van der Waals surface area contributed by atoms with Gasteiger partial charge in [-0.2, -0.15) is 0 Å². The molecular formula is C17H28IN3O. The van der Waals surface area contributed by atoms with E-state index >= 15 is 0 Å². The number of guanidine groups is 1. The first-order chi connectivity index (χ1) is 10.3. The molecule has 1 aromatic rings. The lowest BCUT2D eigenvalue weighted by Gasteiger charge is -2.23. The van der Waals surface area contributed by atoms with Gasteiger partial charge in [0.15, 0.2) is 5.96 Å². The molecule has 3 N–H and O–H groups in total. The Morgan fingerprint density at radius 3 is 2.68 bits per heavy atom. The molecule has 22 heavy (non-hydrogen) atoms. The van der Waals surface area contributed by atoms with Crippen LogP contribution >= 0.6 is 24.0 Å². The standard InChI is InChI=1S/C17H27N3O.HI/c18-17(20-14-16-8-4-9-16)19-11-5-12-21-13-10-15-6-2-1-3-7-15;/h1-3,6-7,16H,4-5,8-14H2,(H3,18,19,20);1H. The topological polar surface area (TPSA) is 59.6 Å². The van der Waals surface area contributed by atoms with Crippen molar-refractivity contribution in [2.24, 2.45) is 16.6 Å². The fourth-order valence-electron chi connectivity index (χ4n) is 2.29. The van der Waals surface area contributed by atoms with E-state index in [1.807, 2.05) is 6.07 Å². The van der Waals surface area contributed by atoms with Crippen LogP contribution < -0.4 is 11.1 Å². The smallest absolute Gasteiger partial charge is 0.188 e. The minimum Gasteiger partial charge on any atom is -0.381 e. The van der Waals surface area contributed by atoms with Crippen molar-refractivity contribution in [2.75, 3.05) is 26.3 Å². The second kappa shape index (κ2) is 11.7. The molecule has 1 aliphatic rings. The van der Waals surface area contributed by atoms with Crippen molar-refractivity contribution in [3.05, 3.63) is 35.9 Å². The lowest BCUT2D eigenvalue weighted by Crippen LogP contribution is -2.33. The van der Waals surface area contributed by atoms with Crippen LogP contribution in [0.2, 0.25) is 0 Å². The van der Waals surface area contributed by atoms with Crippen molar-refractivity contribution in [1.29, 1.82) is 0 Å². The summed E-state index contributed by atoms with van der Waals surface area (Å²) in [4.78, 5) is 4.36. The van der Waals surface area contributed by atoms with E-state index < -0.39 is 0 Å². The van der Waals surface area contributed by atoms with Gasteiger partial charge in [0, 0.05) is 19.7 Å². The van der Waals surface area contributed by atoms with Crippen LogP contribution in [0.25, 0.3) is 0 Å². The summed E-state index contributed by atoms with van der Waals surface area (Å²) in [6, 6.07) is 10.4. The average molecular weight is 417 g/mol. The molecule has 5 heteroatoms. The summed E-state index contributed by atoms with van der Waals surface area (Å²) >= 11 is 0. The molecule has 0 saturated heterocycles. The Bertz CT molecular complexity index is 421. The average Bonchev–Trinajstić information content (AvgIpc) is 2.46. The van der Waals surface area contributed by atoms with Crippen molar-refractivity contribution in [3.63, 3.8) is 0 Å². The monoisotopic (exact) mass is 417 g/mol. The number of nitrogens with one attached hydrogen (secondary N) is 1. The highest BCUT2D eigenvalue weighted by Crippen LogP contribution is 2.26. The van der Waals surface area contributed by atoms with E-state index in [4.69, 9.17) is 10.5 Å². The number of hydrogen-bond acceptors (Lipinski definition) is 2. The summed E-state index contributed by atoms with van der Waals surface area (Å²) in [6.07, 6.45) is 5.90. The van der Waals surface area contributed by atoms with Crippen LogP contribution in [-0.4, -0.2) is 32.3 Å². The van der Waals surface area contributed by atoms with Gasteiger partial charge in [0.1, 0.15) is 0 Å².